The monoisotopic (exact) mass is 392 g/mol. The molecule has 1 aliphatic carbocycles. The van der Waals surface area contributed by atoms with E-state index in [4.69, 9.17) is 8.85 Å². The second-order valence-corrected chi connectivity index (χ2v) is 6.82. The van der Waals surface area contributed by atoms with Crippen molar-refractivity contribution in [3.63, 3.8) is 0 Å². The standard InChI is InChI=1S/C20H18F3N3O2/c1-24-19(27)17-9-15(17)16-8-14(7-11-10-26(2)25-18(11)16)28-13-5-3-12(4-6-13)20(21,22)23/h3-8,10,15,17H,9H2,1-2H3,(H,24,27)/t15-,17+/m0/s1/i1D3. The van der Waals surface area contributed by atoms with Gasteiger partial charge in [-0.15, -0.1) is 0 Å². The van der Waals surface area contributed by atoms with Crippen LogP contribution in [-0.4, -0.2) is 22.7 Å². The van der Waals surface area contributed by atoms with Crippen LogP contribution in [0.15, 0.2) is 42.6 Å². The van der Waals surface area contributed by atoms with Gasteiger partial charge in [-0.1, -0.05) is 0 Å². The second-order valence-electron chi connectivity index (χ2n) is 6.82. The van der Waals surface area contributed by atoms with Crippen molar-refractivity contribution < 1.29 is 26.8 Å². The first-order valence-corrected chi connectivity index (χ1v) is 8.55. The lowest BCUT2D eigenvalue weighted by molar-refractivity contribution is -0.137. The lowest BCUT2D eigenvalue weighted by Crippen LogP contribution is -2.20. The molecule has 4 rings (SSSR count). The Bertz CT molecular complexity index is 1140. The van der Waals surface area contributed by atoms with Crippen molar-refractivity contribution in [3.8, 4) is 11.5 Å². The van der Waals surface area contributed by atoms with Gasteiger partial charge < -0.3 is 10.1 Å². The van der Waals surface area contributed by atoms with E-state index in [0.717, 1.165) is 23.1 Å². The number of ether oxygens (including phenoxy) is 1. The van der Waals surface area contributed by atoms with Gasteiger partial charge in [0.1, 0.15) is 11.5 Å². The molecule has 0 saturated heterocycles. The molecule has 1 heterocycles. The fourth-order valence-electron chi connectivity index (χ4n) is 3.36. The van der Waals surface area contributed by atoms with Gasteiger partial charge in [-0.2, -0.15) is 18.3 Å². The molecule has 1 N–H and O–H groups in total. The predicted octanol–water partition coefficient (Wildman–Crippen LogP) is 4.23. The van der Waals surface area contributed by atoms with Crippen LogP contribution < -0.4 is 10.1 Å². The maximum Gasteiger partial charge on any atom is 0.416 e. The van der Waals surface area contributed by atoms with E-state index in [2.05, 4.69) is 5.10 Å². The summed E-state index contributed by atoms with van der Waals surface area (Å²) in [5.74, 6) is -0.655. The second kappa shape index (κ2) is 6.54. The summed E-state index contributed by atoms with van der Waals surface area (Å²) in [6.45, 7) is -2.56. The third-order valence-corrected chi connectivity index (χ3v) is 4.79. The fraction of sp³-hybridized carbons (Fsp3) is 0.300. The number of rotatable bonds is 4. The van der Waals surface area contributed by atoms with Crippen LogP contribution in [0.2, 0.25) is 0 Å². The number of aryl methyl sites for hydroxylation is 1. The SMILES string of the molecule is [2H]C([2H])([2H])NC(=O)[C@@H]1C[C@H]1c1cc(Oc2ccc(C(F)(F)F)cc2)cc2cn(C)nc12. The third kappa shape index (κ3) is 3.42. The fourth-order valence-corrected chi connectivity index (χ4v) is 3.36. The van der Waals surface area contributed by atoms with Gasteiger partial charge >= 0.3 is 6.18 Å². The van der Waals surface area contributed by atoms with E-state index in [1.165, 1.54) is 12.1 Å². The van der Waals surface area contributed by atoms with E-state index in [-0.39, 0.29) is 11.7 Å². The maximum atomic E-state index is 12.8. The van der Waals surface area contributed by atoms with E-state index in [1.54, 1.807) is 30.1 Å². The number of carbonyl (C=O) groups excluding carboxylic acids is 1. The summed E-state index contributed by atoms with van der Waals surface area (Å²) in [4.78, 5) is 12.2. The molecule has 0 unspecified atom stereocenters. The molecular formula is C20H18F3N3O2. The number of nitrogens with one attached hydrogen (secondary N) is 1. The Kier molecular flexibility index (Phi) is 3.49. The van der Waals surface area contributed by atoms with Gasteiger partial charge in [0.2, 0.25) is 5.91 Å². The van der Waals surface area contributed by atoms with Crippen LogP contribution >= 0.6 is 0 Å². The van der Waals surface area contributed by atoms with Crippen molar-refractivity contribution >= 4 is 16.8 Å². The average Bonchev–Trinajstić information content (AvgIpc) is 3.34. The van der Waals surface area contributed by atoms with Crippen molar-refractivity contribution in [2.24, 2.45) is 13.0 Å². The number of hydrogen-bond acceptors (Lipinski definition) is 3. The summed E-state index contributed by atoms with van der Waals surface area (Å²) in [6.07, 6.45) is -2.20. The summed E-state index contributed by atoms with van der Waals surface area (Å²) in [7, 11) is 1.74. The van der Waals surface area contributed by atoms with Gasteiger partial charge in [-0.3, -0.25) is 9.48 Å². The largest absolute Gasteiger partial charge is 0.457 e. The molecule has 0 aliphatic heterocycles. The maximum absolute atomic E-state index is 12.8. The van der Waals surface area contributed by atoms with E-state index < -0.39 is 30.5 Å². The number of hydrogen-bond donors (Lipinski definition) is 1. The Morgan fingerprint density at radius 2 is 2.04 bits per heavy atom. The lowest BCUT2D eigenvalue weighted by Gasteiger charge is -2.11. The first kappa shape index (κ1) is 15.0. The van der Waals surface area contributed by atoms with Crippen molar-refractivity contribution in [1.29, 1.82) is 0 Å². The van der Waals surface area contributed by atoms with Gasteiger partial charge in [-0.05, 0) is 54.3 Å². The Balaban J connectivity index is 1.61. The molecule has 28 heavy (non-hydrogen) atoms. The topological polar surface area (TPSA) is 56.1 Å². The van der Waals surface area contributed by atoms with Gasteiger partial charge in [0.25, 0.3) is 0 Å². The number of nitrogens with zero attached hydrogens (tertiary/aromatic N) is 2. The summed E-state index contributed by atoms with van der Waals surface area (Å²) >= 11 is 0. The van der Waals surface area contributed by atoms with Crippen molar-refractivity contribution in [1.82, 2.24) is 15.1 Å². The zero-order chi connectivity index (χ0) is 22.6. The van der Waals surface area contributed by atoms with Crippen LogP contribution in [-0.2, 0) is 18.0 Å². The minimum absolute atomic E-state index is 0.226. The molecule has 8 heteroatoms. The first-order valence-electron chi connectivity index (χ1n) is 10.1. The molecule has 146 valence electrons. The van der Waals surface area contributed by atoms with E-state index in [9.17, 15) is 18.0 Å². The zero-order valence-electron chi connectivity index (χ0n) is 17.7. The highest BCUT2D eigenvalue weighted by Gasteiger charge is 2.45. The van der Waals surface area contributed by atoms with Crippen LogP contribution in [0.4, 0.5) is 13.2 Å². The van der Waals surface area contributed by atoms with Crippen molar-refractivity contribution in [3.05, 3.63) is 53.7 Å². The zero-order valence-corrected chi connectivity index (χ0v) is 14.7. The molecule has 0 radical (unpaired) electrons. The molecule has 2 aromatic carbocycles. The highest BCUT2D eigenvalue weighted by atomic mass is 19.4. The molecule has 5 nitrogen and oxygen atoms in total. The summed E-state index contributed by atoms with van der Waals surface area (Å²) in [5, 5.41) is 7.18. The molecule has 0 bridgehead atoms. The summed E-state index contributed by atoms with van der Waals surface area (Å²) in [6, 6.07) is 7.76. The van der Waals surface area contributed by atoms with E-state index in [0.29, 0.717) is 17.7 Å². The van der Waals surface area contributed by atoms with Gasteiger partial charge in [0, 0.05) is 35.6 Å². The molecule has 1 saturated carbocycles. The van der Waals surface area contributed by atoms with Crippen LogP contribution in [0.5, 0.6) is 11.5 Å². The van der Waals surface area contributed by atoms with Crippen molar-refractivity contribution in [2.75, 3.05) is 6.98 Å². The van der Waals surface area contributed by atoms with E-state index >= 15 is 0 Å². The Morgan fingerprint density at radius 3 is 2.71 bits per heavy atom. The number of fused-ring (bicyclic) bond motifs is 1. The summed E-state index contributed by atoms with van der Waals surface area (Å²) < 4.78 is 67.2. The smallest absolute Gasteiger partial charge is 0.416 e. The quantitative estimate of drug-likeness (QED) is 0.723. The molecule has 1 amide bonds. The molecule has 1 aliphatic rings. The van der Waals surface area contributed by atoms with Gasteiger partial charge in [-0.25, -0.2) is 0 Å². The molecular weight excluding hydrogens is 371 g/mol. The highest BCUT2D eigenvalue weighted by Crippen LogP contribution is 2.50. The predicted molar refractivity (Wildman–Crippen MR) is 97.1 cm³/mol. The number of carbonyl (C=O) groups is 1. The normalized spacial score (nSPS) is 20.9. The number of aromatic nitrogens is 2. The van der Waals surface area contributed by atoms with Crippen LogP contribution in [0.1, 0.15) is 27.6 Å². The van der Waals surface area contributed by atoms with Crippen molar-refractivity contribution in [2.45, 2.75) is 18.5 Å². The number of benzene rings is 2. The Labute approximate surface area is 163 Å². The highest BCUT2D eigenvalue weighted by molar-refractivity contribution is 5.88. The first-order chi connectivity index (χ1) is 14.4. The lowest BCUT2D eigenvalue weighted by atomic mass is 10.0. The van der Waals surface area contributed by atoms with Gasteiger partial charge in [0.05, 0.1) is 11.1 Å². The van der Waals surface area contributed by atoms with Crippen LogP contribution in [0.25, 0.3) is 10.9 Å². The van der Waals surface area contributed by atoms with Crippen LogP contribution in [0.3, 0.4) is 0 Å². The van der Waals surface area contributed by atoms with Crippen LogP contribution in [0, 0.1) is 5.92 Å². The minimum atomic E-state index is -4.43. The average molecular weight is 392 g/mol. The molecule has 1 aromatic heterocycles. The van der Waals surface area contributed by atoms with E-state index in [1.807, 2.05) is 5.32 Å². The molecule has 0 spiro atoms. The minimum Gasteiger partial charge on any atom is -0.457 e. The number of alkyl halides is 3. The molecule has 3 aromatic rings. The third-order valence-electron chi connectivity index (χ3n) is 4.79. The number of halogens is 3. The molecule has 1 fully saturated rings. The van der Waals surface area contributed by atoms with Gasteiger partial charge in [0.15, 0.2) is 0 Å². The Morgan fingerprint density at radius 1 is 1.29 bits per heavy atom. The summed E-state index contributed by atoms with van der Waals surface area (Å²) in [5.41, 5.74) is 0.617. The Hall–Kier alpha value is -3.03. The number of amides is 1. The molecule has 2 atom stereocenters.